The SMILES string of the molecule is COC(OC(=O)C(C)(C)CPC)C(C)C. The van der Waals surface area contributed by atoms with Gasteiger partial charge in [0.15, 0.2) is 0 Å². The second-order valence-electron chi connectivity index (χ2n) is 4.67. The van der Waals surface area contributed by atoms with Crippen LogP contribution in [0.5, 0.6) is 0 Å². The summed E-state index contributed by atoms with van der Waals surface area (Å²) < 4.78 is 10.4. The molecule has 0 N–H and O–H groups in total. The van der Waals surface area contributed by atoms with Crippen molar-refractivity contribution < 1.29 is 14.3 Å². The molecular formula is C11H23O3P. The van der Waals surface area contributed by atoms with Crippen LogP contribution in [0.1, 0.15) is 27.7 Å². The van der Waals surface area contributed by atoms with Gasteiger partial charge in [-0.2, -0.15) is 0 Å². The summed E-state index contributed by atoms with van der Waals surface area (Å²) in [7, 11) is 2.31. The predicted octanol–water partition coefficient (Wildman–Crippen LogP) is 2.49. The minimum absolute atomic E-state index is 0.169. The molecule has 0 heterocycles. The van der Waals surface area contributed by atoms with Crippen LogP contribution in [-0.2, 0) is 14.3 Å². The van der Waals surface area contributed by atoms with Crippen LogP contribution < -0.4 is 0 Å². The Kier molecular flexibility index (Phi) is 6.38. The third kappa shape index (κ3) is 4.94. The van der Waals surface area contributed by atoms with E-state index < -0.39 is 11.7 Å². The highest BCUT2D eigenvalue weighted by atomic mass is 31.1. The Morgan fingerprint density at radius 3 is 2.27 bits per heavy atom. The molecule has 15 heavy (non-hydrogen) atoms. The van der Waals surface area contributed by atoms with E-state index in [1.807, 2.05) is 27.7 Å². The normalized spacial score (nSPS) is 14.9. The highest BCUT2D eigenvalue weighted by Gasteiger charge is 2.31. The molecule has 0 fully saturated rings. The van der Waals surface area contributed by atoms with Gasteiger partial charge < -0.3 is 9.47 Å². The lowest BCUT2D eigenvalue weighted by atomic mass is 9.97. The van der Waals surface area contributed by atoms with Crippen LogP contribution in [0, 0.1) is 11.3 Å². The summed E-state index contributed by atoms with van der Waals surface area (Å²) >= 11 is 0. The van der Waals surface area contributed by atoms with Gasteiger partial charge in [-0.05, 0) is 26.7 Å². The van der Waals surface area contributed by atoms with Crippen molar-refractivity contribution in [3.8, 4) is 0 Å². The van der Waals surface area contributed by atoms with E-state index in [0.717, 1.165) is 14.7 Å². The van der Waals surface area contributed by atoms with Gasteiger partial charge in [0.05, 0.1) is 5.41 Å². The van der Waals surface area contributed by atoms with Crippen molar-refractivity contribution in [1.29, 1.82) is 0 Å². The fourth-order valence-electron chi connectivity index (χ4n) is 1.24. The van der Waals surface area contributed by atoms with Gasteiger partial charge in [0.1, 0.15) is 0 Å². The number of carbonyl (C=O) groups is 1. The Morgan fingerprint density at radius 1 is 1.40 bits per heavy atom. The Morgan fingerprint density at radius 2 is 1.93 bits per heavy atom. The van der Waals surface area contributed by atoms with Crippen LogP contribution in [0.25, 0.3) is 0 Å². The van der Waals surface area contributed by atoms with E-state index in [1.54, 1.807) is 7.11 Å². The van der Waals surface area contributed by atoms with Crippen molar-refractivity contribution in [2.24, 2.45) is 11.3 Å². The number of hydrogen-bond donors (Lipinski definition) is 0. The van der Waals surface area contributed by atoms with E-state index in [2.05, 4.69) is 6.66 Å². The summed E-state index contributed by atoms with van der Waals surface area (Å²) in [5, 5.41) is 0. The van der Waals surface area contributed by atoms with E-state index >= 15 is 0 Å². The second kappa shape index (κ2) is 6.44. The van der Waals surface area contributed by atoms with E-state index in [-0.39, 0.29) is 11.9 Å². The summed E-state index contributed by atoms with van der Waals surface area (Å²) in [6.07, 6.45) is 0.428. The zero-order valence-corrected chi connectivity index (χ0v) is 11.6. The fraction of sp³-hybridized carbons (Fsp3) is 0.909. The van der Waals surface area contributed by atoms with Gasteiger partial charge in [0.25, 0.3) is 0 Å². The van der Waals surface area contributed by atoms with E-state index in [9.17, 15) is 4.79 Å². The van der Waals surface area contributed by atoms with Crippen molar-refractivity contribution in [3.05, 3.63) is 0 Å². The highest BCUT2D eigenvalue weighted by molar-refractivity contribution is 7.37. The number of carbonyl (C=O) groups excluding carboxylic acids is 1. The molecule has 0 aromatic carbocycles. The van der Waals surface area contributed by atoms with Crippen molar-refractivity contribution >= 4 is 14.6 Å². The van der Waals surface area contributed by atoms with Crippen LogP contribution in [-0.4, -0.2) is 32.2 Å². The second-order valence-corrected chi connectivity index (χ2v) is 5.73. The largest absolute Gasteiger partial charge is 0.435 e. The maximum atomic E-state index is 11.8. The Balaban J connectivity index is 4.33. The lowest BCUT2D eigenvalue weighted by molar-refractivity contribution is -0.190. The lowest BCUT2D eigenvalue weighted by Crippen LogP contribution is -2.35. The first kappa shape index (κ1) is 14.9. The first-order valence-electron chi connectivity index (χ1n) is 5.23. The third-order valence-corrected chi connectivity index (χ3v) is 3.41. The molecule has 0 aromatic rings. The quantitative estimate of drug-likeness (QED) is 0.402. The number of hydrogen-bond acceptors (Lipinski definition) is 3. The number of esters is 1. The molecule has 0 aromatic heterocycles. The van der Waals surface area contributed by atoms with Crippen LogP contribution in [0.3, 0.4) is 0 Å². The van der Waals surface area contributed by atoms with Crippen molar-refractivity contribution in [2.45, 2.75) is 34.0 Å². The molecule has 4 heteroatoms. The zero-order chi connectivity index (χ0) is 12.1. The Bertz CT molecular complexity index is 202. The third-order valence-electron chi connectivity index (χ3n) is 2.17. The smallest absolute Gasteiger partial charge is 0.314 e. The highest BCUT2D eigenvalue weighted by Crippen LogP contribution is 2.26. The summed E-state index contributed by atoms with van der Waals surface area (Å²) in [5.41, 5.74) is -0.404. The van der Waals surface area contributed by atoms with Crippen molar-refractivity contribution in [2.75, 3.05) is 19.9 Å². The van der Waals surface area contributed by atoms with Gasteiger partial charge in [-0.3, -0.25) is 4.79 Å². The molecule has 0 rings (SSSR count). The van der Waals surface area contributed by atoms with Gasteiger partial charge in [0, 0.05) is 13.0 Å². The van der Waals surface area contributed by atoms with E-state index in [4.69, 9.17) is 9.47 Å². The van der Waals surface area contributed by atoms with Crippen LogP contribution >= 0.6 is 8.58 Å². The minimum Gasteiger partial charge on any atom is -0.435 e. The molecule has 90 valence electrons. The molecular weight excluding hydrogens is 211 g/mol. The maximum absolute atomic E-state index is 11.8. The van der Waals surface area contributed by atoms with Gasteiger partial charge in [0.2, 0.25) is 6.29 Å². The van der Waals surface area contributed by atoms with Crippen molar-refractivity contribution in [3.63, 3.8) is 0 Å². The van der Waals surface area contributed by atoms with Gasteiger partial charge >= 0.3 is 5.97 Å². The summed E-state index contributed by atoms with van der Waals surface area (Å²) in [4.78, 5) is 11.8. The molecule has 0 amide bonds. The number of methoxy groups -OCH3 is 1. The standard InChI is InChI=1S/C11H23O3P/c1-8(2)9(13-5)14-10(12)11(3,4)7-15-6/h8-9,15H,7H2,1-6H3. The molecule has 0 radical (unpaired) electrons. The topological polar surface area (TPSA) is 35.5 Å². The molecule has 2 atom stereocenters. The van der Waals surface area contributed by atoms with Crippen LogP contribution in [0.2, 0.25) is 0 Å². The summed E-state index contributed by atoms with van der Waals surface area (Å²) in [6.45, 7) is 9.86. The monoisotopic (exact) mass is 234 g/mol. The van der Waals surface area contributed by atoms with Crippen LogP contribution in [0.4, 0.5) is 0 Å². The summed E-state index contributed by atoms with van der Waals surface area (Å²) in [5.74, 6) is 0.0104. The minimum atomic E-state index is -0.433. The van der Waals surface area contributed by atoms with Crippen molar-refractivity contribution in [1.82, 2.24) is 0 Å². The van der Waals surface area contributed by atoms with E-state index in [0.29, 0.717) is 0 Å². The van der Waals surface area contributed by atoms with Gasteiger partial charge in [-0.25, -0.2) is 0 Å². The first-order chi connectivity index (χ1) is 6.85. The van der Waals surface area contributed by atoms with E-state index in [1.165, 1.54) is 0 Å². The Labute approximate surface area is 94.7 Å². The zero-order valence-electron chi connectivity index (χ0n) is 10.6. The lowest BCUT2D eigenvalue weighted by Gasteiger charge is -2.26. The average molecular weight is 234 g/mol. The number of ether oxygens (including phenoxy) is 2. The molecule has 0 aliphatic heterocycles. The number of rotatable bonds is 6. The molecule has 0 aliphatic rings. The molecule has 0 saturated heterocycles. The molecule has 0 bridgehead atoms. The fourth-order valence-corrected chi connectivity index (χ4v) is 2.26. The Hall–Kier alpha value is -0.140. The maximum Gasteiger partial charge on any atom is 0.314 e. The molecule has 2 unspecified atom stereocenters. The predicted molar refractivity (Wildman–Crippen MR) is 64.6 cm³/mol. The van der Waals surface area contributed by atoms with Crippen LogP contribution in [0.15, 0.2) is 0 Å². The summed E-state index contributed by atoms with van der Waals surface area (Å²) in [6, 6.07) is 0. The average Bonchev–Trinajstić information content (AvgIpc) is 2.12. The molecule has 0 saturated carbocycles. The first-order valence-corrected chi connectivity index (χ1v) is 6.94. The van der Waals surface area contributed by atoms with Gasteiger partial charge in [-0.1, -0.05) is 13.8 Å². The van der Waals surface area contributed by atoms with Gasteiger partial charge in [-0.15, -0.1) is 8.58 Å². The molecule has 3 nitrogen and oxygen atoms in total. The molecule has 0 aliphatic carbocycles. The molecule has 0 spiro atoms.